The zero-order valence-corrected chi connectivity index (χ0v) is 18.9. The van der Waals surface area contributed by atoms with E-state index in [2.05, 4.69) is 15.0 Å². The van der Waals surface area contributed by atoms with E-state index in [0.717, 1.165) is 34.3 Å². The third kappa shape index (κ3) is 4.69. The number of amides is 1. The molecule has 0 atom stereocenters. The van der Waals surface area contributed by atoms with Gasteiger partial charge in [-0.05, 0) is 40.8 Å². The average molecular weight is 462 g/mol. The Hall–Kier alpha value is -4.00. The summed E-state index contributed by atoms with van der Waals surface area (Å²) in [5.74, 6) is -2.15. The molecule has 0 spiro atoms. The number of hydrogen-bond donors (Lipinski definition) is 2. The summed E-state index contributed by atoms with van der Waals surface area (Å²) in [5, 5.41) is 15.7. The Morgan fingerprint density at radius 1 is 1.03 bits per heavy atom. The molecule has 34 heavy (non-hydrogen) atoms. The van der Waals surface area contributed by atoms with E-state index in [1.165, 1.54) is 12.3 Å². The minimum atomic E-state index is -0.952. The van der Waals surface area contributed by atoms with Crippen LogP contribution in [0.3, 0.4) is 0 Å². The highest BCUT2D eigenvalue weighted by Gasteiger charge is 2.25. The third-order valence-corrected chi connectivity index (χ3v) is 5.73. The monoisotopic (exact) mass is 461 g/mol. The molecule has 3 aromatic carbocycles. The van der Waals surface area contributed by atoms with Crippen molar-refractivity contribution in [2.45, 2.75) is 32.9 Å². The van der Waals surface area contributed by atoms with Crippen LogP contribution in [0.2, 0.25) is 0 Å². The maximum atomic E-state index is 13.6. The second-order valence-electron chi connectivity index (χ2n) is 8.44. The Morgan fingerprint density at radius 3 is 2.47 bits per heavy atom. The Bertz CT molecular complexity index is 1360. The van der Waals surface area contributed by atoms with Gasteiger partial charge in [-0.25, -0.2) is 8.78 Å². The molecule has 1 amide bonds. The normalized spacial score (nSPS) is 11.6. The molecule has 0 aliphatic heterocycles. The number of fused-ring (bicyclic) bond motifs is 1. The first-order valence-corrected chi connectivity index (χ1v) is 11.0. The lowest BCUT2D eigenvalue weighted by Crippen LogP contribution is -2.24. The lowest BCUT2D eigenvalue weighted by atomic mass is 10.0. The summed E-state index contributed by atoms with van der Waals surface area (Å²) in [5.41, 5.74) is 4.48. The van der Waals surface area contributed by atoms with Crippen molar-refractivity contribution in [3.05, 3.63) is 106 Å². The molecular weight excluding hydrogens is 436 g/mol. The van der Waals surface area contributed by atoms with Gasteiger partial charge >= 0.3 is 0 Å². The fourth-order valence-corrected chi connectivity index (χ4v) is 4.23. The minimum Gasteiger partial charge on any atom is -0.411 e. The molecule has 0 fully saturated rings. The number of rotatable bonds is 7. The second-order valence-corrected chi connectivity index (χ2v) is 8.44. The summed E-state index contributed by atoms with van der Waals surface area (Å²) < 4.78 is 29.0. The average Bonchev–Trinajstić information content (AvgIpc) is 3.14. The highest BCUT2D eigenvalue weighted by Crippen LogP contribution is 2.33. The van der Waals surface area contributed by atoms with Gasteiger partial charge in [-0.1, -0.05) is 67.5 Å². The smallest absolute Gasteiger partial charge is 0.254 e. The van der Waals surface area contributed by atoms with E-state index in [9.17, 15) is 13.6 Å². The molecule has 4 rings (SSSR count). The maximum absolute atomic E-state index is 13.6. The number of hydrogen-bond acceptors (Lipinski definition) is 3. The molecular formula is C27H25F2N3O2. The van der Waals surface area contributed by atoms with Crippen LogP contribution < -0.4 is 5.32 Å². The largest absolute Gasteiger partial charge is 0.411 e. The van der Waals surface area contributed by atoms with Gasteiger partial charge in [0.25, 0.3) is 5.91 Å². The molecule has 2 N–H and O–H groups in total. The zero-order valence-electron chi connectivity index (χ0n) is 18.9. The summed E-state index contributed by atoms with van der Waals surface area (Å²) in [7, 11) is 0. The number of carbonyl (C=O) groups excluding carboxylic acids is 1. The molecule has 0 aliphatic carbocycles. The van der Waals surface area contributed by atoms with Crippen molar-refractivity contribution in [1.29, 1.82) is 0 Å². The van der Waals surface area contributed by atoms with E-state index in [1.54, 1.807) is 6.07 Å². The van der Waals surface area contributed by atoms with E-state index < -0.39 is 11.6 Å². The summed E-state index contributed by atoms with van der Waals surface area (Å²) in [6.07, 6.45) is 1.34. The molecule has 0 aliphatic rings. The van der Waals surface area contributed by atoms with Crippen LogP contribution in [-0.2, 0) is 13.1 Å². The zero-order chi connectivity index (χ0) is 24.2. The predicted molar refractivity (Wildman–Crippen MR) is 128 cm³/mol. The van der Waals surface area contributed by atoms with Crippen LogP contribution in [0.15, 0.2) is 71.9 Å². The third-order valence-electron chi connectivity index (χ3n) is 5.73. The van der Waals surface area contributed by atoms with Gasteiger partial charge in [0, 0.05) is 24.2 Å². The van der Waals surface area contributed by atoms with Gasteiger partial charge in [0.1, 0.15) is 0 Å². The van der Waals surface area contributed by atoms with Gasteiger partial charge in [0.2, 0.25) is 0 Å². The molecule has 174 valence electrons. The van der Waals surface area contributed by atoms with Crippen LogP contribution in [0.4, 0.5) is 8.78 Å². The number of nitrogens with zero attached hydrogens (tertiary/aromatic N) is 2. The van der Waals surface area contributed by atoms with Crippen molar-refractivity contribution in [2.75, 3.05) is 0 Å². The quantitative estimate of drug-likeness (QED) is 0.207. The van der Waals surface area contributed by atoms with Gasteiger partial charge in [-0.2, -0.15) is 0 Å². The van der Waals surface area contributed by atoms with E-state index in [0.29, 0.717) is 23.2 Å². The number of carbonyl (C=O) groups is 1. The lowest BCUT2D eigenvalue weighted by Gasteiger charge is -2.16. The molecule has 1 heterocycles. The van der Waals surface area contributed by atoms with Crippen molar-refractivity contribution in [1.82, 2.24) is 9.88 Å². The topological polar surface area (TPSA) is 66.6 Å². The van der Waals surface area contributed by atoms with E-state index >= 15 is 0 Å². The highest BCUT2D eigenvalue weighted by molar-refractivity contribution is 6.09. The Kier molecular flexibility index (Phi) is 6.72. The van der Waals surface area contributed by atoms with Crippen LogP contribution in [0.25, 0.3) is 10.9 Å². The molecule has 1 aromatic heterocycles. The van der Waals surface area contributed by atoms with Crippen LogP contribution in [-0.4, -0.2) is 21.9 Å². The predicted octanol–water partition coefficient (Wildman–Crippen LogP) is 5.83. The van der Waals surface area contributed by atoms with E-state index in [4.69, 9.17) is 5.21 Å². The summed E-state index contributed by atoms with van der Waals surface area (Å²) >= 11 is 0. The standard InChI is InChI=1S/C27H25F2N3O2/c1-17(2)26-25(27(33)30-14-19-9-11-22(28)23(29)12-19)21-10-8-20(15-31-34)13-24(21)32(26)16-18-6-4-3-5-7-18/h3-13,15,17,34H,14,16H2,1-2H3,(H,30,33)/b31-15-. The molecule has 0 saturated carbocycles. The van der Waals surface area contributed by atoms with Gasteiger partial charge in [0.15, 0.2) is 11.6 Å². The second kappa shape index (κ2) is 9.87. The van der Waals surface area contributed by atoms with Crippen LogP contribution in [0.5, 0.6) is 0 Å². The number of aromatic nitrogens is 1. The fourth-order valence-electron chi connectivity index (χ4n) is 4.23. The van der Waals surface area contributed by atoms with Crippen LogP contribution in [0.1, 0.15) is 52.5 Å². The molecule has 0 bridgehead atoms. The number of halogens is 2. The first kappa shape index (κ1) is 23.2. The van der Waals surface area contributed by atoms with Gasteiger partial charge in [-0.3, -0.25) is 4.79 Å². The van der Waals surface area contributed by atoms with Gasteiger partial charge in [0.05, 0.1) is 17.3 Å². The van der Waals surface area contributed by atoms with E-state index in [1.807, 2.05) is 56.3 Å². The lowest BCUT2D eigenvalue weighted by molar-refractivity contribution is 0.0951. The molecule has 0 unspecified atom stereocenters. The number of nitrogens with one attached hydrogen (secondary N) is 1. The number of oxime groups is 1. The van der Waals surface area contributed by atoms with Crippen molar-refractivity contribution in [2.24, 2.45) is 5.16 Å². The number of benzene rings is 3. The van der Waals surface area contributed by atoms with Crippen molar-refractivity contribution < 1.29 is 18.8 Å². The Morgan fingerprint density at radius 2 is 1.79 bits per heavy atom. The van der Waals surface area contributed by atoms with E-state index in [-0.39, 0.29) is 18.4 Å². The molecule has 0 saturated heterocycles. The summed E-state index contributed by atoms with van der Waals surface area (Å²) in [6.45, 7) is 4.67. The Balaban J connectivity index is 1.80. The Labute approximate surface area is 196 Å². The van der Waals surface area contributed by atoms with Gasteiger partial charge in [-0.15, -0.1) is 0 Å². The van der Waals surface area contributed by atoms with Crippen molar-refractivity contribution >= 4 is 23.0 Å². The molecule has 0 radical (unpaired) electrons. The fraction of sp³-hybridized carbons (Fsp3) is 0.185. The summed E-state index contributed by atoms with van der Waals surface area (Å²) in [4.78, 5) is 13.4. The molecule has 4 aromatic rings. The molecule has 5 nitrogen and oxygen atoms in total. The van der Waals surface area contributed by atoms with Crippen molar-refractivity contribution in [3.63, 3.8) is 0 Å². The first-order valence-electron chi connectivity index (χ1n) is 11.0. The van der Waals surface area contributed by atoms with Crippen molar-refractivity contribution in [3.8, 4) is 0 Å². The highest BCUT2D eigenvalue weighted by atomic mass is 19.2. The van der Waals surface area contributed by atoms with Gasteiger partial charge < -0.3 is 15.1 Å². The maximum Gasteiger partial charge on any atom is 0.254 e. The summed E-state index contributed by atoms with van der Waals surface area (Å²) in [6, 6.07) is 19.0. The molecule has 7 heteroatoms. The van der Waals surface area contributed by atoms with Crippen LogP contribution >= 0.6 is 0 Å². The van der Waals surface area contributed by atoms with Crippen LogP contribution in [0, 0.1) is 11.6 Å². The minimum absolute atomic E-state index is 0.0232. The SMILES string of the molecule is CC(C)c1c(C(=O)NCc2ccc(F)c(F)c2)c2ccc(/C=N\O)cc2n1Cc1ccccc1. The first-order chi connectivity index (χ1) is 16.4.